The number of carbonyl (C=O) groups is 3. The van der Waals surface area contributed by atoms with Crippen molar-refractivity contribution in [2.24, 2.45) is 0 Å². The summed E-state index contributed by atoms with van der Waals surface area (Å²) in [6.45, 7) is 0. The van der Waals surface area contributed by atoms with Gasteiger partial charge in [-0.05, 0) is 36.8 Å². The monoisotopic (exact) mass is 357 g/mol. The zero-order valence-corrected chi connectivity index (χ0v) is 14.0. The second-order valence-corrected chi connectivity index (χ2v) is 6.09. The molecule has 6 nitrogen and oxygen atoms in total. The first kappa shape index (κ1) is 17.0. The lowest BCUT2D eigenvalue weighted by Crippen LogP contribution is -2.41. The Kier molecular flexibility index (Phi) is 5.00. The summed E-state index contributed by atoms with van der Waals surface area (Å²) in [4.78, 5) is 36.5. The largest absolute Gasteiger partial charge is 0.340 e. The van der Waals surface area contributed by atoms with Crippen LogP contribution < -0.4 is 16.0 Å². The molecule has 0 bridgehead atoms. The van der Waals surface area contributed by atoms with Gasteiger partial charge in [0.15, 0.2) is 0 Å². The number of rotatable bonds is 4. The molecule has 0 fully saturated rings. The summed E-state index contributed by atoms with van der Waals surface area (Å²) in [6.07, 6.45) is 0.277. The number of nitrogens with one attached hydrogen (secondary N) is 3. The fourth-order valence-corrected chi connectivity index (χ4v) is 2.77. The summed E-state index contributed by atoms with van der Waals surface area (Å²) in [5.41, 5.74) is 1.46. The SMILES string of the molecule is O=C(CCC1NC(=O)c2ccccc2NC1=O)Nc1cccc(Cl)c1. The van der Waals surface area contributed by atoms with Crippen LogP contribution in [0.1, 0.15) is 23.2 Å². The van der Waals surface area contributed by atoms with Crippen molar-refractivity contribution in [2.45, 2.75) is 18.9 Å². The standard InChI is InChI=1S/C18H16ClN3O3/c19-11-4-3-5-12(10-11)20-16(23)9-8-15-18(25)21-14-7-2-1-6-13(14)17(24)22-15/h1-7,10,15H,8-9H2,(H,20,23)(H,21,25)(H,22,24). The second kappa shape index (κ2) is 7.36. The van der Waals surface area contributed by atoms with E-state index in [0.717, 1.165) is 0 Å². The molecule has 1 atom stereocenters. The van der Waals surface area contributed by atoms with Gasteiger partial charge >= 0.3 is 0 Å². The number of fused-ring (bicyclic) bond motifs is 1. The molecule has 2 aromatic rings. The molecule has 1 aliphatic heterocycles. The Labute approximate surface area is 149 Å². The van der Waals surface area contributed by atoms with Gasteiger partial charge in [-0.15, -0.1) is 0 Å². The van der Waals surface area contributed by atoms with E-state index in [1.807, 2.05) is 0 Å². The number of anilines is 2. The Balaban J connectivity index is 1.61. The maximum absolute atomic E-state index is 12.3. The van der Waals surface area contributed by atoms with Gasteiger partial charge in [0.1, 0.15) is 6.04 Å². The van der Waals surface area contributed by atoms with E-state index in [9.17, 15) is 14.4 Å². The highest BCUT2D eigenvalue weighted by Gasteiger charge is 2.27. The Morgan fingerprint density at radius 3 is 2.72 bits per heavy atom. The number of halogens is 1. The molecule has 0 saturated heterocycles. The number of amides is 3. The Morgan fingerprint density at radius 1 is 1.12 bits per heavy atom. The molecule has 2 aromatic carbocycles. The first-order valence-corrected chi connectivity index (χ1v) is 8.17. The summed E-state index contributed by atoms with van der Waals surface area (Å²) < 4.78 is 0. The van der Waals surface area contributed by atoms with Crippen LogP contribution in [-0.2, 0) is 9.59 Å². The van der Waals surface area contributed by atoms with Crippen molar-refractivity contribution in [2.75, 3.05) is 10.6 Å². The molecule has 3 N–H and O–H groups in total. The topological polar surface area (TPSA) is 87.3 Å². The van der Waals surface area contributed by atoms with Crippen LogP contribution in [0.15, 0.2) is 48.5 Å². The molecule has 3 amide bonds. The van der Waals surface area contributed by atoms with Gasteiger partial charge in [0, 0.05) is 17.1 Å². The fourth-order valence-electron chi connectivity index (χ4n) is 2.58. The summed E-state index contributed by atoms with van der Waals surface area (Å²) in [5, 5.41) is 8.61. The van der Waals surface area contributed by atoms with Crippen LogP contribution in [0.4, 0.5) is 11.4 Å². The van der Waals surface area contributed by atoms with Gasteiger partial charge in [-0.2, -0.15) is 0 Å². The summed E-state index contributed by atoms with van der Waals surface area (Å²) in [5.74, 6) is -0.936. The van der Waals surface area contributed by atoms with Crippen LogP contribution >= 0.6 is 11.6 Å². The van der Waals surface area contributed by atoms with E-state index in [-0.39, 0.29) is 30.6 Å². The van der Waals surface area contributed by atoms with E-state index in [0.29, 0.717) is 22.0 Å². The Bertz CT molecular complexity index is 838. The van der Waals surface area contributed by atoms with Crippen molar-refractivity contribution in [3.8, 4) is 0 Å². The van der Waals surface area contributed by atoms with Gasteiger partial charge in [0.25, 0.3) is 5.91 Å². The average Bonchev–Trinajstić information content (AvgIpc) is 2.70. The first-order chi connectivity index (χ1) is 12.0. The third kappa shape index (κ3) is 4.16. The molecule has 128 valence electrons. The summed E-state index contributed by atoms with van der Waals surface area (Å²) in [7, 11) is 0. The maximum Gasteiger partial charge on any atom is 0.254 e. The van der Waals surface area contributed by atoms with Crippen LogP contribution in [0.2, 0.25) is 5.02 Å². The quantitative estimate of drug-likeness (QED) is 0.786. The zero-order chi connectivity index (χ0) is 17.8. The molecule has 0 aromatic heterocycles. The number of carbonyl (C=O) groups excluding carboxylic acids is 3. The van der Waals surface area contributed by atoms with Crippen LogP contribution in [-0.4, -0.2) is 23.8 Å². The van der Waals surface area contributed by atoms with Crippen molar-refractivity contribution >= 4 is 40.7 Å². The molecule has 1 aliphatic rings. The van der Waals surface area contributed by atoms with Gasteiger partial charge in [-0.1, -0.05) is 29.8 Å². The molecule has 0 spiro atoms. The van der Waals surface area contributed by atoms with Crippen molar-refractivity contribution in [3.05, 3.63) is 59.1 Å². The van der Waals surface area contributed by atoms with Crippen molar-refractivity contribution in [1.29, 1.82) is 0 Å². The lowest BCUT2D eigenvalue weighted by molar-refractivity contribution is -0.118. The molecule has 1 unspecified atom stereocenters. The van der Waals surface area contributed by atoms with Gasteiger partial charge in [0.05, 0.1) is 11.3 Å². The Hall–Kier alpha value is -2.86. The van der Waals surface area contributed by atoms with Crippen LogP contribution in [0, 0.1) is 0 Å². The maximum atomic E-state index is 12.3. The molecule has 0 radical (unpaired) electrons. The molecule has 0 aliphatic carbocycles. The average molecular weight is 358 g/mol. The molecule has 0 saturated carbocycles. The summed E-state index contributed by atoms with van der Waals surface area (Å²) >= 11 is 5.87. The highest BCUT2D eigenvalue weighted by atomic mass is 35.5. The first-order valence-electron chi connectivity index (χ1n) is 7.79. The molecular weight excluding hydrogens is 342 g/mol. The van der Waals surface area contributed by atoms with Crippen molar-refractivity contribution in [1.82, 2.24) is 5.32 Å². The fraction of sp³-hybridized carbons (Fsp3) is 0.167. The summed E-state index contributed by atoms with van der Waals surface area (Å²) in [6, 6.07) is 12.8. The van der Waals surface area contributed by atoms with E-state index in [2.05, 4.69) is 16.0 Å². The molecule has 7 heteroatoms. The molecular formula is C18H16ClN3O3. The third-order valence-corrected chi connectivity index (χ3v) is 4.05. The van der Waals surface area contributed by atoms with E-state index < -0.39 is 6.04 Å². The number of hydrogen-bond acceptors (Lipinski definition) is 3. The van der Waals surface area contributed by atoms with E-state index in [1.54, 1.807) is 48.5 Å². The lowest BCUT2D eigenvalue weighted by Gasteiger charge is -2.14. The smallest absolute Gasteiger partial charge is 0.254 e. The molecule has 3 rings (SSSR count). The minimum absolute atomic E-state index is 0.0845. The highest BCUT2D eigenvalue weighted by Crippen LogP contribution is 2.20. The van der Waals surface area contributed by atoms with Crippen molar-refractivity contribution < 1.29 is 14.4 Å². The second-order valence-electron chi connectivity index (χ2n) is 5.66. The van der Waals surface area contributed by atoms with Gasteiger partial charge < -0.3 is 16.0 Å². The van der Waals surface area contributed by atoms with Crippen molar-refractivity contribution in [3.63, 3.8) is 0 Å². The predicted octanol–water partition coefficient (Wildman–Crippen LogP) is 2.81. The minimum Gasteiger partial charge on any atom is -0.340 e. The predicted molar refractivity (Wildman–Crippen MR) is 95.6 cm³/mol. The van der Waals surface area contributed by atoms with Gasteiger partial charge in [-0.3, -0.25) is 14.4 Å². The van der Waals surface area contributed by atoms with Crippen LogP contribution in [0.3, 0.4) is 0 Å². The third-order valence-electron chi connectivity index (χ3n) is 3.82. The number of benzene rings is 2. The lowest BCUT2D eigenvalue weighted by atomic mass is 10.1. The van der Waals surface area contributed by atoms with Gasteiger partial charge in [-0.25, -0.2) is 0 Å². The van der Waals surface area contributed by atoms with E-state index >= 15 is 0 Å². The van der Waals surface area contributed by atoms with E-state index in [1.165, 1.54) is 0 Å². The Morgan fingerprint density at radius 2 is 1.92 bits per heavy atom. The van der Waals surface area contributed by atoms with E-state index in [4.69, 9.17) is 11.6 Å². The molecule has 1 heterocycles. The minimum atomic E-state index is -0.773. The number of hydrogen-bond donors (Lipinski definition) is 3. The molecule has 25 heavy (non-hydrogen) atoms. The van der Waals surface area contributed by atoms with Crippen LogP contribution in [0.25, 0.3) is 0 Å². The van der Waals surface area contributed by atoms with Gasteiger partial charge in [0.2, 0.25) is 11.8 Å². The number of para-hydroxylation sites is 1. The van der Waals surface area contributed by atoms with Crippen LogP contribution in [0.5, 0.6) is 0 Å². The zero-order valence-electron chi connectivity index (χ0n) is 13.2. The normalized spacial score (nSPS) is 16.3. The highest BCUT2D eigenvalue weighted by molar-refractivity contribution is 6.30.